The summed E-state index contributed by atoms with van der Waals surface area (Å²) in [5.74, 6) is 0. The molecule has 98 valence electrons. The molecule has 3 heteroatoms. The zero-order chi connectivity index (χ0) is 11.9. The van der Waals surface area contributed by atoms with Gasteiger partial charge >= 0.3 is 0 Å². The van der Waals surface area contributed by atoms with Crippen LogP contribution in [0.2, 0.25) is 0 Å². The van der Waals surface area contributed by atoms with Gasteiger partial charge in [-0.15, -0.1) is 0 Å². The van der Waals surface area contributed by atoms with E-state index in [9.17, 15) is 0 Å². The summed E-state index contributed by atoms with van der Waals surface area (Å²) in [7, 11) is 2.04. The van der Waals surface area contributed by atoms with Crippen molar-refractivity contribution in [2.24, 2.45) is 0 Å². The van der Waals surface area contributed by atoms with E-state index in [-0.39, 0.29) is 6.29 Å². The van der Waals surface area contributed by atoms with Crippen molar-refractivity contribution >= 4 is 0 Å². The molecule has 0 radical (unpaired) electrons. The fraction of sp³-hybridized carbons (Fsp3) is 0.857. The molecule has 1 aliphatic heterocycles. The maximum absolute atomic E-state index is 5.54. The first-order valence-electron chi connectivity index (χ1n) is 6.99. The van der Waals surface area contributed by atoms with Gasteiger partial charge in [0.25, 0.3) is 0 Å². The van der Waals surface area contributed by atoms with Crippen molar-refractivity contribution in [3.8, 4) is 0 Å². The highest BCUT2D eigenvalue weighted by atomic mass is 16.7. The van der Waals surface area contributed by atoms with Crippen molar-refractivity contribution < 1.29 is 9.47 Å². The first kappa shape index (κ1) is 13.1. The summed E-state index contributed by atoms with van der Waals surface area (Å²) in [4.78, 5) is 0. The Morgan fingerprint density at radius 1 is 1.24 bits per heavy atom. The van der Waals surface area contributed by atoms with Crippen LogP contribution in [0.3, 0.4) is 0 Å². The molecule has 1 saturated heterocycles. The lowest BCUT2D eigenvalue weighted by Gasteiger charge is -2.23. The molecule has 17 heavy (non-hydrogen) atoms. The third-order valence-corrected chi connectivity index (χ3v) is 3.74. The average Bonchev–Trinajstić information content (AvgIpc) is 2.79. The molecule has 2 aliphatic rings. The van der Waals surface area contributed by atoms with Crippen LogP contribution in [0.25, 0.3) is 0 Å². The Morgan fingerprint density at radius 2 is 2.00 bits per heavy atom. The van der Waals surface area contributed by atoms with Crippen LogP contribution in [0.5, 0.6) is 0 Å². The summed E-state index contributed by atoms with van der Waals surface area (Å²) >= 11 is 0. The van der Waals surface area contributed by atoms with Crippen LogP contribution in [0, 0.1) is 0 Å². The van der Waals surface area contributed by atoms with Gasteiger partial charge < -0.3 is 14.8 Å². The molecular weight excluding hydrogens is 214 g/mol. The summed E-state index contributed by atoms with van der Waals surface area (Å²) in [6, 6.07) is 0.427. The molecule has 0 spiro atoms. The summed E-state index contributed by atoms with van der Waals surface area (Å²) in [5.41, 5.74) is 1.56. The number of ether oxygens (including phenoxy) is 2. The van der Waals surface area contributed by atoms with Crippen LogP contribution in [-0.2, 0) is 9.47 Å². The molecule has 0 aromatic carbocycles. The lowest BCUT2D eigenvalue weighted by molar-refractivity contribution is -0.0504. The number of hydrogen-bond acceptors (Lipinski definition) is 3. The zero-order valence-corrected chi connectivity index (χ0v) is 10.9. The molecule has 3 nitrogen and oxygen atoms in total. The van der Waals surface area contributed by atoms with Gasteiger partial charge in [0.15, 0.2) is 6.29 Å². The molecule has 2 rings (SSSR count). The number of likely N-dealkylation sites (N-methyl/N-ethyl adjacent to an activating group) is 1. The second kappa shape index (κ2) is 7.14. The molecule has 0 aromatic rings. The van der Waals surface area contributed by atoms with E-state index >= 15 is 0 Å². The van der Waals surface area contributed by atoms with Crippen molar-refractivity contribution in [1.82, 2.24) is 5.32 Å². The fourth-order valence-corrected chi connectivity index (χ4v) is 2.72. The molecule has 0 saturated carbocycles. The Kier molecular flexibility index (Phi) is 5.49. The third kappa shape index (κ3) is 4.09. The fourth-order valence-electron chi connectivity index (χ4n) is 2.72. The largest absolute Gasteiger partial charge is 0.350 e. The Labute approximate surface area is 105 Å². The van der Waals surface area contributed by atoms with E-state index < -0.39 is 0 Å². The van der Waals surface area contributed by atoms with E-state index in [2.05, 4.69) is 11.4 Å². The van der Waals surface area contributed by atoms with E-state index in [4.69, 9.17) is 9.47 Å². The van der Waals surface area contributed by atoms with Crippen molar-refractivity contribution in [2.45, 2.75) is 57.3 Å². The van der Waals surface area contributed by atoms with Crippen LogP contribution in [0.15, 0.2) is 11.6 Å². The highest BCUT2D eigenvalue weighted by molar-refractivity contribution is 5.11. The minimum Gasteiger partial charge on any atom is -0.350 e. The molecule has 0 bridgehead atoms. The van der Waals surface area contributed by atoms with Crippen molar-refractivity contribution in [1.29, 1.82) is 0 Å². The second-order valence-corrected chi connectivity index (χ2v) is 4.98. The topological polar surface area (TPSA) is 30.5 Å². The molecule has 1 N–H and O–H groups in total. The lowest BCUT2D eigenvalue weighted by atomic mass is 9.93. The minimum atomic E-state index is -0.00112. The number of nitrogens with one attached hydrogen (secondary N) is 1. The SMILES string of the molecule is CNC(CC1OCCO1)C1=CCCCCCC1. The van der Waals surface area contributed by atoms with E-state index in [0.29, 0.717) is 6.04 Å². The normalized spacial score (nSPS) is 25.1. The Hall–Kier alpha value is -0.380. The number of allylic oxidation sites excluding steroid dienone is 1. The summed E-state index contributed by atoms with van der Waals surface area (Å²) in [6.45, 7) is 1.50. The van der Waals surface area contributed by atoms with Crippen molar-refractivity contribution in [3.05, 3.63) is 11.6 Å². The van der Waals surface area contributed by atoms with E-state index in [1.165, 1.54) is 38.5 Å². The molecule has 0 aromatic heterocycles. The van der Waals surface area contributed by atoms with E-state index in [1.807, 2.05) is 7.05 Å². The Bertz CT molecular complexity index is 247. The van der Waals surface area contributed by atoms with Crippen molar-refractivity contribution in [3.63, 3.8) is 0 Å². The predicted molar refractivity (Wildman–Crippen MR) is 68.9 cm³/mol. The van der Waals surface area contributed by atoms with Crippen LogP contribution in [-0.4, -0.2) is 32.6 Å². The summed E-state index contributed by atoms with van der Waals surface area (Å²) < 4.78 is 11.1. The highest BCUT2D eigenvalue weighted by Crippen LogP contribution is 2.23. The van der Waals surface area contributed by atoms with Crippen LogP contribution >= 0.6 is 0 Å². The van der Waals surface area contributed by atoms with E-state index in [1.54, 1.807) is 5.57 Å². The molecule has 0 amide bonds. The van der Waals surface area contributed by atoms with Crippen LogP contribution in [0.4, 0.5) is 0 Å². The monoisotopic (exact) mass is 239 g/mol. The van der Waals surface area contributed by atoms with Gasteiger partial charge in [0.2, 0.25) is 0 Å². The lowest BCUT2D eigenvalue weighted by Crippen LogP contribution is -2.32. The minimum absolute atomic E-state index is 0.00112. The maximum atomic E-state index is 5.54. The quantitative estimate of drug-likeness (QED) is 0.765. The standard InChI is InChI=1S/C14H25NO2/c1-15-13(11-14-16-9-10-17-14)12-7-5-3-2-4-6-8-12/h7,13-15H,2-6,8-11H2,1H3. The van der Waals surface area contributed by atoms with Crippen molar-refractivity contribution in [2.75, 3.05) is 20.3 Å². The predicted octanol–water partition coefficient (Wildman–Crippen LogP) is 2.62. The highest BCUT2D eigenvalue weighted by Gasteiger charge is 2.22. The van der Waals surface area contributed by atoms with Crippen LogP contribution < -0.4 is 5.32 Å². The van der Waals surface area contributed by atoms with Gasteiger partial charge in [-0.25, -0.2) is 0 Å². The summed E-state index contributed by atoms with van der Waals surface area (Å²) in [5, 5.41) is 3.42. The Morgan fingerprint density at radius 3 is 2.76 bits per heavy atom. The average molecular weight is 239 g/mol. The molecule has 1 heterocycles. The zero-order valence-electron chi connectivity index (χ0n) is 10.9. The smallest absolute Gasteiger partial charge is 0.159 e. The molecule has 1 atom stereocenters. The number of hydrogen-bond donors (Lipinski definition) is 1. The maximum Gasteiger partial charge on any atom is 0.159 e. The van der Waals surface area contributed by atoms with Gasteiger partial charge in [0.1, 0.15) is 0 Å². The second-order valence-electron chi connectivity index (χ2n) is 4.98. The van der Waals surface area contributed by atoms with Gasteiger partial charge in [0.05, 0.1) is 13.2 Å². The molecule has 1 fully saturated rings. The van der Waals surface area contributed by atoms with Gasteiger partial charge in [-0.3, -0.25) is 0 Å². The Balaban J connectivity index is 1.89. The van der Waals surface area contributed by atoms with Gasteiger partial charge in [-0.2, -0.15) is 0 Å². The van der Waals surface area contributed by atoms with Crippen LogP contribution in [0.1, 0.15) is 44.9 Å². The van der Waals surface area contributed by atoms with Gasteiger partial charge in [0, 0.05) is 12.5 Å². The van der Waals surface area contributed by atoms with Gasteiger partial charge in [-0.1, -0.05) is 24.5 Å². The molecule has 1 aliphatic carbocycles. The molecule has 1 unspecified atom stereocenters. The van der Waals surface area contributed by atoms with Gasteiger partial charge in [-0.05, 0) is 32.7 Å². The number of rotatable bonds is 4. The summed E-state index contributed by atoms with van der Waals surface area (Å²) in [6.07, 6.45) is 11.3. The first-order chi connectivity index (χ1) is 8.40. The van der Waals surface area contributed by atoms with E-state index in [0.717, 1.165) is 19.6 Å². The first-order valence-corrected chi connectivity index (χ1v) is 6.99. The molecular formula is C14H25NO2. The third-order valence-electron chi connectivity index (χ3n) is 3.74.